The van der Waals surface area contributed by atoms with E-state index in [4.69, 9.17) is 16.3 Å². The molecule has 0 aliphatic heterocycles. The Kier molecular flexibility index (Phi) is 4.42. The first-order valence-corrected chi connectivity index (χ1v) is 7.19. The van der Waals surface area contributed by atoms with Gasteiger partial charge in [-0.3, -0.25) is 0 Å². The minimum absolute atomic E-state index is 0.0752. The molecule has 0 amide bonds. The summed E-state index contributed by atoms with van der Waals surface area (Å²) in [5.74, 6) is -0.193. The molecule has 1 aromatic carbocycles. The van der Waals surface area contributed by atoms with E-state index in [0.717, 1.165) is 0 Å². The minimum Gasteiger partial charge on any atom is -0.436 e. The molecule has 18 heavy (non-hydrogen) atoms. The molecular weight excluding hydrogens is 343 g/mol. The lowest BCUT2D eigenvalue weighted by atomic mass is 10.3. The number of hydrogen-bond acceptors (Lipinski definition) is 4. The molecule has 2 aromatic rings. The van der Waals surface area contributed by atoms with E-state index in [-0.39, 0.29) is 16.8 Å². The molecular formula is C11H7BrClFN2OS. The SMILES string of the molecule is CSc1nc(Cl)cc(Oc2cc(Br)ccc2F)n1. The van der Waals surface area contributed by atoms with Crippen LogP contribution < -0.4 is 4.74 Å². The molecule has 0 saturated heterocycles. The summed E-state index contributed by atoms with van der Waals surface area (Å²) in [6, 6.07) is 5.84. The predicted octanol–water partition coefficient (Wildman–Crippen LogP) is 4.55. The van der Waals surface area contributed by atoms with Gasteiger partial charge in [-0.25, -0.2) is 9.37 Å². The van der Waals surface area contributed by atoms with Crippen LogP contribution in [0.3, 0.4) is 0 Å². The summed E-state index contributed by atoms with van der Waals surface area (Å²) >= 11 is 10.4. The van der Waals surface area contributed by atoms with Crippen molar-refractivity contribution in [3.63, 3.8) is 0 Å². The minimum atomic E-state index is -0.473. The van der Waals surface area contributed by atoms with Crippen molar-refractivity contribution in [3.8, 4) is 11.6 Å². The molecule has 0 fully saturated rings. The van der Waals surface area contributed by atoms with E-state index in [1.54, 1.807) is 6.07 Å². The Morgan fingerprint density at radius 2 is 2.11 bits per heavy atom. The molecule has 0 radical (unpaired) electrons. The lowest BCUT2D eigenvalue weighted by Gasteiger charge is -2.07. The zero-order valence-corrected chi connectivity index (χ0v) is 12.3. The highest BCUT2D eigenvalue weighted by atomic mass is 79.9. The fourth-order valence-corrected chi connectivity index (χ4v) is 2.12. The van der Waals surface area contributed by atoms with Gasteiger partial charge < -0.3 is 4.74 Å². The maximum Gasteiger partial charge on any atom is 0.224 e. The molecule has 0 bridgehead atoms. The molecule has 7 heteroatoms. The van der Waals surface area contributed by atoms with Crippen LogP contribution in [0.5, 0.6) is 11.6 Å². The van der Waals surface area contributed by atoms with Crippen molar-refractivity contribution >= 4 is 39.3 Å². The topological polar surface area (TPSA) is 35.0 Å². The van der Waals surface area contributed by atoms with Crippen LogP contribution in [0.1, 0.15) is 0 Å². The van der Waals surface area contributed by atoms with Crippen LogP contribution in [-0.2, 0) is 0 Å². The zero-order valence-electron chi connectivity index (χ0n) is 9.15. The molecule has 0 aliphatic rings. The van der Waals surface area contributed by atoms with Crippen molar-refractivity contribution in [1.82, 2.24) is 9.97 Å². The van der Waals surface area contributed by atoms with E-state index in [0.29, 0.717) is 9.63 Å². The van der Waals surface area contributed by atoms with Gasteiger partial charge in [0, 0.05) is 10.5 Å². The third kappa shape index (κ3) is 3.34. The number of ether oxygens (including phenoxy) is 1. The van der Waals surface area contributed by atoms with E-state index in [1.807, 2.05) is 6.26 Å². The number of benzene rings is 1. The zero-order chi connectivity index (χ0) is 13.1. The average Bonchev–Trinajstić information content (AvgIpc) is 2.33. The second-order valence-corrected chi connectivity index (χ2v) is 5.27. The van der Waals surface area contributed by atoms with Gasteiger partial charge >= 0.3 is 0 Å². The third-order valence-corrected chi connectivity index (χ3v) is 3.18. The smallest absolute Gasteiger partial charge is 0.224 e. The maximum atomic E-state index is 13.5. The molecule has 2 rings (SSSR count). The summed E-state index contributed by atoms with van der Waals surface area (Å²) in [5.41, 5.74) is 0. The van der Waals surface area contributed by atoms with Crippen LogP contribution in [0, 0.1) is 5.82 Å². The van der Waals surface area contributed by atoms with E-state index in [9.17, 15) is 4.39 Å². The number of rotatable bonds is 3. The highest BCUT2D eigenvalue weighted by molar-refractivity contribution is 9.10. The van der Waals surface area contributed by atoms with Gasteiger partial charge in [-0.2, -0.15) is 4.98 Å². The number of nitrogens with zero attached hydrogens (tertiary/aromatic N) is 2. The normalized spacial score (nSPS) is 10.4. The largest absolute Gasteiger partial charge is 0.436 e. The first-order valence-electron chi connectivity index (χ1n) is 4.80. The maximum absolute atomic E-state index is 13.5. The molecule has 3 nitrogen and oxygen atoms in total. The van der Waals surface area contributed by atoms with Gasteiger partial charge in [0.25, 0.3) is 0 Å². The van der Waals surface area contributed by atoms with Crippen LogP contribution in [0.2, 0.25) is 5.15 Å². The summed E-state index contributed by atoms with van der Waals surface area (Å²) < 4.78 is 19.6. The Labute approximate surface area is 121 Å². The molecule has 1 heterocycles. The summed E-state index contributed by atoms with van der Waals surface area (Å²) in [7, 11) is 0. The van der Waals surface area contributed by atoms with Crippen molar-refractivity contribution in [3.05, 3.63) is 39.7 Å². The Bertz CT molecular complexity index is 585. The molecule has 0 unspecified atom stereocenters. The number of hydrogen-bond donors (Lipinski definition) is 0. The average molecular weight is 350 g/mol. The van der Waals surface area contributed by atoms with Crippen molar-refractivity contribution in [2.45, 2.75) is 5.16 Å². The molecule has 0 atom stereocenters. The Morgan fingerprint density at radius 1 is 1.33 bits per heavy atom. The molecule has 0 N–H and O–H groups in total. The van der Waals surface area contributed by atoms with Gasteiger partial charge in [-0.05, 0) is 24.5 Å². The Morgan fingerprint density at radius 3 is 2.83 bits per heavy atom. The predicted molar refractivity (Wildman–Crippen MR) is 73.0 cm³/mol. The van der Waals surface area contributed by atoms with Crippen LogP contribution in [0.15, 0.2) is 33.9 Å². The molecule has 0 saturated carbocycles. The monoisotopic (exact) mass is 348 g/mol. The molecule has 0 aliphatic carbocycles. The van der Waals surface area contributed by atoms with Gasteiger partial charge in [-0.15, -0.1) is 0 Å². The van der Waals surface area contributed by atoms with Gasteiger partial charge in [0.15, 0.2) is 16.7 Å². The first kappa shape index (κ1) is 13.6. The number of halogens is 3. The summed E-state index contributed by atoms with van der Waals surface area (Å²) in [5, 5.41) is 0.715. The highest BCUT2D eigenvalue weighted by Crippen LogP contribution is 2.28. The molecule has 94 valence electrons. The molecule has 1 aromatic heterocycles. The standard InChI is InChI=1S/C11H7BrClFN2OS/c1-18-11-15-9(13)5-10(16-11)17-8-4-6(12)2-3-7(8)14/h2-5H,1H3. The van der Waals surface area contributed by atoms with Crippen LogP contribution in [0.25, 0.3) is 0 Å². The molecule has 0 spiro atoms. The van der Waals surface area contributed by atoms with Gasteiger partial charge in [0.2, 0.25) is 5.88 Å². The fraction of sp³-hybridized carbons (Fsp3) is 0.0909. The quantitative estimate of drug-likeness (QED) is 0.463. The summed E-state index contributed by atoms with van der Waals surface area (Å²) in [6.07, 6.45) is 1.81. The summed E-state index contributed by atoms with van der Waals surface area (Å²) in [4.78, 5) is 8.05. The second-order valence-electron chi connectivity index (χ2n) is 3.19. The van der Waals surface area contributed by atoms with E-state index in [2.05, 4.69) is 25.9 Å². The van der Waals surface area contributed by atoms with Gasteiger partial charge in [0.05, 0.1) is 0 Å². The van der Waals surface area contributed by atoms with Crippen molar-refractivity contribution in [1.29, 1.82) is 0 Å². The Hall–Kier alpha value is -0.850. The van der Waals surface area contributed by atoms with E-state index < -0.39 is 5.82 Å². The fourth-order valence-electron chi connectivity index (χ4n) is 1.19. The van der Waals surface area contributed by atoms with E-state index in [1.165, 1.54) is 30.0 Å². The lowest BCUT2D eigenvalue weighted by Crippen LogP contribution is -1.94. The van der Waals surface area contributed by atoms with Crippen molar-refractivity contribution < 1.29 is 9.13 Å². The van der Waals surface area contributed by atoms with Crippen molar-refractivity contribution in [2.75, 3.05) is 6.26 Å². The van der Waals surface area contributed by atoms with Crippen molar-refractivity contribution in [2.24, 2.45) is 0 Å². The van der Waals surface area contributed by atoms with Crippen LogP contribution in [-0.4, -0.2) is 16.2 Å². The lowest BCUT2D eigenvalue weighted by molar-refractivity contribution is 0.422. The van der Waals surface area contributed by atoms with Crippen LogP contribution in [0.4, 0.5) is 4.39 Å². The number of thioether (sulfide) groups is 1. The van der Waals surface area contributed by atoms with Gasteiger partial charge in [0.1, 0.15) is 5.15 Å². The second kappa shape index (κ2) is 5.86. The summed E-state index contributed by atoms with van der Waals surface area (Å²) in [6.45, 7) is 0. The number of aromatic nitrogens is 2. The van der Waals surface area contributed by atoms with Gasteiger partial charge in [-0.1, -0.05) is 39.3 Å². The Balaban J connectivity index is 2.33. The highest BCUT2D eigenvalue weighted by Gasteiger charge is 2.09. The first-order chi connectivity index (χ1) is 8.58. The third-order valence-electron chi connectivity index (χ3n) is 1.94. The van der Waals surface area contributed by atoms with E-state index >= 15 is 0 Å². The van der Waals surface area contributed by atoms with Crippen LogP contribution >= 0.6 is 39.3 Å².